The van der Waals surface area contributed by atoms with E-state index in [-0.39, 0.29) is 12.6 Å². The van der Waals surface area contributed by atoms with Crippen LogP contribution in [0.3, 0.4) is 0 Å². The summed E-state index contributed by atoms with van der Waals surface area (Å²) in [5.41, 5.74) is 1.07. The van der Waals surface area contributed by atoms with Gasteiger partial charge in [0.1, 0.15) is 12.3 Å². The van der Waals surface area contributed by atoms with Crippen molar-refractivity contribution < 1.29 is 19.1 Å². The van der Waals surface area contributed by atoms with Gasteiger partial charge in [-0.2, -0.15) is 0 Å². The van der Waals surface area contributed by atoms with E-state index >= 15 is 0 Å². The lowest BCUT2D eigenvalue weighted by atomic mass is 10.1. The minimum Gasteiger partial charge on any atom is -0.489 e. The molecule has 2 aromatic rings. The van der Waals surface area contributed by atoms with Crippen molar-refractivity contribution in [2.24, 2.45) is 0 Å². The first-order valence-corrected chi connectivity index (χ1v) is 8.46. The first kappa shape index (κ1) is 17.9. The van der Waals surface area contributed by atoms with Crippen molar-refractivity contribution in [3.8, 4) is 5.75 Å². The van der Waals surface area contributed by atoms with E-state index in [9.17, 15) is 14.4 Å². The third-order valence-electron chi connectivity index (χ3n) is 3.76. The minimum atomic E-state index is -0.492. The summed E-state index contributed by atoms with van der Waals surface area (Å²) >= 11 is 6.14. The zero-order chi connectivity index (χ0) is 18.8. The van der Waals surface area contributed by atoms with Crippen molar-refractivity contribution in [3.05, 3.63) is 58.6 Å². The van der Waals surface area contributed by atoms with Gasteiger partial charge in [-0.1, -0.05) is 23.7 Å². The number of hydrogen-bond acceptors (Lipinski definition) is 4. The highest BCUT2D eigenvalue weighted by Crippen LogP contribution is 2.28. The third-order valence-corrected chi connectivity index (χ3v) is 4.05. The summed E-state index contributed by atoms with van der Waals surface area (Å²) in [4.78, 5) is 37.7. The number of amides is 3. The Morgan fingerprint density at radius 3 is 2.27 bits per heavy atom. The van der Waals surface area contributed by atoms with E-state index in [1.165, 1.54) is 0 Å². The van der Waals surface area contributed by atoms with Gasteiger partial charge in [-0.05, 0) is 44.2 Å². The lowest BCUT2D eigenvalue weighted by Gasteiger charge is -2.15. The Labute approximate surface area is 155 Å². The summed E-state index contributed by atoms with van der Waals surface area (Å²) < 4.78 is 5.53. The lowest BCUT2D eigenvalue weighted by Crippen LogP contribution is -2.37. The fraction of sp³-hybridized carbons (Fsp3) is 0.211. The van der Waals surface area contributed by atoms with E-state index in [1.54, 1.807) is 42.5 Å². The minimum absolute atomic E-state index is 0.0261. The summed E-state index contributed by atoms with van der Waals surface area (Å²) in [5, 5.41) is 2.99. The number of anilines is 1. The first-order valence-electron chi connectivity index (χ1n) is 8.08. The summed E-state index contributed by atoms with van der Waals surface area (Å²) in [7, 11) is 0. The van der Waals surface area contributed by atoms with Gasteiger partial charge >= 0.3 is 0 Å². The second-order valence-corrected chi connectivity index (χ2v) is 6.51. The van der Waals surface area contributed by atoms with Crippen molar-refractivity contribution in [2.45, 2.75) is 20.0 Å². The van der Waals surface area contributed by atoms with Gasteiger partial charge in [-0.3, -0.25) is 19.3 Å². The number of imide groups is 1. The molecule has 0 aromatic heterocycles. The number of fused-ring (bicyclic) bond motifs is 1. The fourth-order valence-electron chi connectivity index (χ4n) is 2.65. The number of carbonyl (C=O) groups excluding carboxylic acids is 3. The topological polar surface area (TPSA) is 75.7 Å². The number of nitrogens with one attached hydrogen (secondary N) is 1. The molecule has 1 aliphatic rings. The second-order valence-electron chi connectivity index (χ2n) is 6.10. The molecule has 1 aliphatic heterocycles. The Morgan fingerprint density at radius 2 is 1.73 bits per heavy atom. The molecular weight excluding hydrogens is 356 g/mol. The van der Waals surface area contributed by atoms with E-state index in [0.717, 1.165) is 4.90 Å². The van der Waals surface area contributed by atoms with Crippen LogP contribution in [-0.2, 0) is 4.79 Å². The fourth-order valence-corrected chi connectivity index (χ4v) is 2.88. The largest absolute Gasteiger partial charge is 0.489 e. The molecule has 134 valence electrons. The van der Waals surface area contributed by atoms with Crippen LogP contribution < -0.4 is 10.1 Å². The van der Waals surface area contributed by atoms with Crippen LogP contribution in [-0.4, -0.2) is 35.3 Å². The molecule has 3 amide bonds. The number of rotatable bonds is 5. The molecule has 0 aliphatic carbocycles. The Balaban J connectivity index is 1.68. The Morgan fingerprint density at radius 1 is 1.12 bits per heavy atom. The molecule has 1 heterocycles. The molecule has 0 fully saturated rings. The van der Waals surface area contributed by atoms with Gasteiger partial charge < -0.3 is 10.1 Å². The number of carbonyl (C=O) groups is 3. The number of ether oxygens (including phenoxy) is 1. The van der Waals surface area contributed by atoms with E-state index in [1.807, 2.05) is 13.8 Å². The Bertz CT molecular complexity index is 860. The van der Waals surface area contributed by atoms with E-state index < -0.39 is 17.7 Å². The number of halogens is 1. The average Bonchev–Trinajstić information content (AvgIpc) is 2.82. The first-order chi connectivity index (χ1) is 12.4. The third kappa shape index (κ3) is 3.55. The van der Waals surface area contributed by atoms with E-state index in [4.69, 9.17) is 16.3 Å². The van der Waals surface area contributed by atoms with Crippen LogP contribution in [0.25, 0.3) is 0 Å². The molecule has 26 heavy (non-hydrogen) atoms. The zero-order valence-electron chi connectivity index (χ0n) is 14.3. The van der Waals surface area contributed by atoms with Crippen LogP contribution >= 0.6 is 11.6 Å². The smallest absolute Gasteiger partial charge is 0.262 e. The molecule has 0 unspecified atom stereocenters. The molecule has 6 nitrogen and oxygen atoms in total. The molecule has 2 aromatic carbocycles. The quantitative estimate of drug-likeness (QED) is 0.816. The zero-order valence-corrected chi connectivity index (χ0v) is 15.0. The molecule has 0 atom stereocenters. The standard InChI is InChI=1S/C19H17ClN2O4/c1-11(2)26-16-8-7-12(9-15(16)20)21-17(23)10-22-18(24)13-5-3-4-6-14(13)19(22)25/h3-9,11H,10H2,1-2H3,(H,21,23). The highest BCUT2D eigenvalue weighted by molar-refractivity contribution is 6.32. The maximum atomic E-state index is 12.3. The predicted octanol–water partition coefficient (Wildman–Crippen LogP) is 3.36. The van der Waals surface area contributed by atoms with Gasteiger partial charge in [0.15, 0.2) is 0 Å². The summed E-state index contributed by atoms with van der Waals surface area (Å²) in [6, 6.07) is 11.3. The van der Waals surface area contributed by atoms with Gasteiger partial charge in [0.05, 0.1) is 22.3 Å². The highest BCUT2D eigenvalue weighted by atomic mass is 35.5. The van der Waals surface area contributed by atoms with E-state index in [2.05, 4.69) is 5.32 Å². The highest BCUT2D eigenvalue weighted by Gasteiger charge is 2.36. The number of nitrogens with zero attached hydrogens (tertiary/aromatic N) is 1. The molecule has 3 rings (SSSR count). The number of benzene rings is 2. The summed E-state index contributed by atoms with van der Waals surface area (Å²) in [6.07, 6.45) is -0.0261. The molecule has 0 saturated heterocycles. The van der Waals surface area contributed by atoms with Gasteiger partial charge in [0.2, 0.25) is 5.91 Å². The molecule has 7 heteroatoms. The number of hydrogen-bond donors (Lipinski definition) is 1. The van der Waals surface area contributed by atoms with Crippen molar-refractivity contribution in [3.63, 3.8) is 0 Å². The van der Waals surface area contributed by atoms with Gasteiger partial charge in [0, 0.05) is 5.69 Å². The second kappa shape index (κ2) is 7.17. The van der Waals surface area contributed by atoms with Crippen molar-refractivity contribution in [1.29, 1.82) is 0 Å². The monoisotopic (exact) mass is 372 g/mol. The Kier molecular flexibility index (Phi) is 4.95. The van der Waals surface area contributed by atoms with Gasteiger partial charge in [-0.25, -0.2) is 0 Å². The van der Waals surface area contributed by atoms with E-state index in [0.29, 0.717) is 27.6 Å². The molecule has 0 bridgehead atoms. The van der Waals surface area contributed by atoms with Crippen LogP contribution in [0.5, 0.6) is 5.75 Å². The van der Waals surface area contributed by atoms with Crippen LogP contribution in [0, 0.1) is 0 Å². The Hall–Kier alpha value is -2.86. The van der Waals surface area contributed by atoms with Gasteiger partial charge in [0.25, 0.3) is 11.8 Å². The SMILES string of the molecule is CC(C)Oc1ccc(NC(=O)CN2C(=O)c3ccccc3C2=O)cc1Cl. The van der Waals surface area contributed by atoms with Crippen LogP contribution in [0.15, 0.2) is 42.5 Å². The maximum Gasteiger partial charge on any atom is 0.262 e. The molecule has 0 spiro atoms. The molecule has 0 radical (unpaired) electrons. The van der Waals surface area contributed by atoms with Crippen LogP contribution in [0.2, 0.25) is 5.02 Å². The molecular formula is C19H17ClN2O4. The van der Waals surface area contributed by atoms with Crippen LogP contribution in [0.4, 0.5) is 5.69 Å². The van der Waals surface area contributed by atoms with Crippen molar-refractivity contribution in [2.75, 3.05) is 11.9 Å². The molecule has 1 N–H and O–H groups in total. The van der Waals surface area contributed by atoms with Crippen molar-refractivity contribution in [1.82, 2.24) is 4.90 Å². The molecule has 0 saturated carbocycles. The van der Waals surface area contributed by atoms with Crippen LogP contribution in [0.1, 0.15) is 34.6 Å². The maximum absolute atomic E-state index is 12.3. The van der Waals surface area contributed by atoms with Gasteiger partial charge in [-0.15, -0.1) is 0 Å². The van der Waals surface area contributed by atoms with Crippen molar-refractivity contribution >= 4 is 35.0 Å². The lowest BCUT2D eigenvalue weighted by molar-refractivity contribution is -0.116. The summed E-state index contributed by atoms with van der Waals surface area (Å²) in [5.74, 6) is -0.924. The predicted molar refractivity (Wildman–Crippen MR) is 97.7 cm³/mol. The summed E-state index contributed by atoms with van der Waals surface area (Å²) in [6.45, 7) is 3.40. The normalized spacial score (nSPS) is 13.2. The average molecular weight is 373 g/mol.